The van der Waals surface area contributed by atoms with Gasteiger partial charge in [-0.05, 0) is 32.1 Å². The SMILES string of the molecule is CCC1CCCC(CC(C)OC)(C(=O)O)C1. The van der Waals surface area contributed by atoms with Crippen LogP contribution in [0.4, 0.5) is 0 Å². The number of hydrogen-bond donors (Lipinski definition) is 1. The molecule has 1 fully saturated rings. The van der Waals surface area contributed by atoms with Crippen LogP contribution < -0.4 is 0 Å². The third kappa shape index (κ3) is 2.97. The van der Waals surface area contributed by atoms with Crippen molar-refractivity contribution >= 4 is 5.97 Å². The Balaban J connectivity index is 2.75. The molecule has 0 heterocycles. The number of carboxylic acid groups (broad SMARTS) is 1. The lowest BCUT2D eigenvalue weighted by Crippen LogP contribution is -2.39. The smallest absolute Gasteiger partial charge is 0.309 e. The molecule has 0 amide bonds. The maximum absolute atomic E-state index is 11.5. The summed E-state index contributed by atoms with van der Waals surface area (Å²) >= 11 is 0. The Morgan fingerprint density at radius 1 is 1.62 bits per heavy atom. The number of hydrogen-bond acceptors (Lipinski definition) is 2. The van der Waals surface area contributed by atoms with E-state index in [1.165, 1.54) is 6.42 Å². The van der Waals surface area contributed by atoms with E-state index in [2.05, 4.69) is 6.92 Å². The molecule has 0 spiro atoms. The van der Waals surface area contributed by atoms with E-state index in [1.807, 2.05) is 6.92 Å². The molecule has 3 atom stereocenters. The van der Waals surface area contributed by atoms with Crippen molar-refractivity contribution in [1.82, 2.24) is 0 Å². The van der Waals surface area contributed by atoms with Crippen molar-refractivity contribution in [2.24, 2.45) is 11.3 Å². The van der Waals surface area contributed by atoms with Crippen LogP contribution in [0.15, 0.2) is 0 Å². The Hall–Kier alpha value is -0.570. The summed E-state index contributed by atoms with van der Waals surface area (Å²) in [6.45, 7) is 4.11. The molecular weight excluding hydrogens is 204 g/mol. The van der Waals surface area contributed by atoms with E-state index in [1.54, 1.807) is 7.11 Å². The van der Waals surface area contributed by atoms with Crippen molar-refractivity contribution in [3.8, 4) is 0 Å². The van der Waals surface area contributed by atoms with E-state index in [0.717, 1.165) is 25.7 Å². The summed E-state index contributed by atoms with van der Waals surface area (Å²) in [6, 6.07) is 0. The minimum Gasteiger partial charge on any atom is -0.481 e. The molecule has 3 unspecified atom stereocenters. The highest BCUT2D eigenvalue weighted by Gasteiger charge is 2.43. The minimum absolute atomic E-state index is 0.0340. The van der Waals surface area contributed by atoms with Gasteiger partial charge < -0.3 is 9.84 Å². The van der Waals surface area contributed by atoms with Gasteiger partial charge in [-0.1, -0.05) is 26.2 Å². The van der Waals surface area contributed by atoms with E-state index in [9.17, 15) is 9.90 Å². The summed E-state index contributed by atoms with van der Waals surface area (Å²) in [6.07, 6.45) is 5.64. The number of carboxylic acids is 1. The van der Waals surface area contributed by atoms with Crippen LogP contribution in [0.25, 0.3) is 0 Å². The third-order valence-electron chi connectivity index (χ3n) is 4.06. The van der Waals surface area contributed by atoms with Crippen LogP contribution in [-0.2, 0) is 9.53 Å². The molecule has 0 aliphatic heterocycles. The van der Waals surface area contributed by atoms with E-state index in [-0.39, 0.29) is 6.10 Å². The second kappa shape index (κ2) is 5.67. The highest BCUT2D eigenvalue weighted by molar-refractivity contribution is 5.74. The van der Waals surface area contributed by atoms with Crippen molar-refractivity contribution in [2.45, 2.75) is 58.5 Å². The highest BCUT2D eigenvalue weighted by atomic mass is 16.5. The van der Waals surface area contributed by atoms with Crippen LogP contribution in [0, 0.1) is 11.3 Å². The first-order valence-electron chi connectivity index (χ1n) is 6.30. The topological polar surface area (TPSA) is 46.5 Å². The van der Waals surface area contributed by atoms with Crippen molar-refractivity contribution in [1.29, 1.82) is 0 Å². The van der Waals surface area contributed by atoms with Gasteiger partial charge in [-0.2, -0.15) is 0 Å². The molecule has 1 N–H and O–H groups in total. The Kier molecular flexibility index (Phi) is 4.78. The normalized spacial score (nSPS) is 32.3. The van der Waals surface area contributed by atoms with Gasteiger partial charge in [0.15, 0.2) is 0 Å². The van der Waals surface area contributed by atoms with Gasteiger partial charge in [-0.25, -0.2) is 0 Å². The third-order valence-corrected chi connectivity index (χ3v) is 4.06. The summed E-state index contributed by atoms with van der Waals surface area (Å²) in [7, 11) is 1.65. The predicted molar refractivity (Wildman–Crippen MR) is 63.4 cm³/mol. The molecule has 0 radical (unpaired) electrons. The van der Waals surface area contributed by atoms with E-state index in [4.69, 9.17) is 4.74 Å². The van der Waals surface area contributed by atoms with Crippen LogP contribution in [0.1, 0.15) is 52.4 Å². The van der Waals surface area contributed by atoms with Gasteiger partial charge in [0.05, 0.1) is 11.5 Å². The molecule has 16 heavy (non-hydrogen) atoms. The first kappa shape index (κ1) is 13.5. The zero-order valence-electron chi connectivity index (χ0n) is 10.7. The van der Waals surface area contributed by atoms with Crippen LogP contribution in [0.5, 0.6) is 0 Å². The van der Waals surface area contributed by atoms with Crippen molar-refractivity contribution in [3.63, 3.8) is 0 Å². The van der Waals surface area contributed by atoms with Gasteiger partial charge in [0.2, 0.25) is 0 Å². The first-order chi connectivity index (χ1) is 7.54. The molecule has 0 saturated heterocycles. The fourth-order valence-corrected chi connectivity index (χ4v) is 2.93. The lowest BCUT2D eigenvalue weighted by atomic mass is 9.66. The fourth-order valence-electron chi connectivity index (χ4n) is 2.93. The van der Waals surface area contributed by atoms with Crippen molar-refractivity contribution in [3.05, 3.63) is 0 Å². The average molecular weight is 228 g/mol. The Bertz CT molecular complexity index is 235. The van der Waals surface area contributed by atoms with Gasteiger partial charge in [-0.15, -0.1) is 0 Å². The molecule has 0 aromatic heterocycles. The van der Waals surface area contributed by atoms with Gasteiger partial charge in [0.1, 0.15) is 0 Å². The number of rotatable bonds is 5. The largest absolute Gasteiger partial charge is 0.481 e. The molecule has 1 rings (SSSR count). The monoisotopic (exact) mass is 228 g/mol. The number of ether oxygens (including phenoxy) is 1. The molecule has 1 aliphatic carbocycles. The Morgan fingerprint density at radius 3 is 2.81 bits per heavy atom. The maximum atomic E-state index is 11.5. The standard InChI is InChI=1S/C13H24O3/c1-4-11-6-5-7-13(9-11,12(14)15)8-10(2)16-3/h10-11H,4-9H2,1-3H3,(H,14,15). The molecule has 0 aromatic rings. The van der Waals surface area contributed by atoms with Gasteiger partial charge >= 0.3 is 5.97 Å². The zero-order valence-corrected chi connectivity index (χ0v) is 10.7. The maximum Gasteiger partial charge on any atom is 0.309 e. The molecular formula is C13H24O3. The summed E-state index contributed by atoms with van der Waals surface area (Å²) in [5.41, 5.74) is -0.533. The van der Waals surface area contributed by atoms with Crippen LogP contribution in [0.2, 0.25) is 0 Å². The summed E-state index contributed by atoms with van der Waals surface area (Å²) in [4.78, 5) is 11.5. The van der Waals surface area contributed by atoms with Crippen LogP contribution in [0.3, 0.4) is 0 Å². The van der Waals surface area contributed by atoms with Crippen molar-refractivity contribution in [2.75, 3.05) is 7.11 Å². The van der Waals surface area contributed by atoms with E-state index < -0.39 is 11.4 Å². The number of methoxy groups -OCH3 is 1. The fraction of sp³-hybridized carbons (Fsp3) is 0.923. The lowest BCUT2D eigenvalue weighted by Gasteiger charge is -2.38. The quantitative estimate of drug-likeness (QED) is 0.786. The van der Waals surface area contributed by atoms with E-state index >= 15 is 0 Å². The summed E-state index contributed by atoms with van der Waals surface area (Å²) in [5.74, 6) is -0.0524. The molecule has 0 aromatic carbocycles. The summed E-state index contributed by atoms with van der Waals surface area (Å²) < 4.78 is 5.23. The average Bonchev–Trinajstić information content (AvgIpc) is 2.28. The molecule has 0 bridgehead atoms. The number of aliphatic carboxylic acids is 1. The predicted octanol–water partition coefficient (Wildman–Crippen LogP) is 3.08. The first-order valence-corrected chi connectivity index (χ1v) is 6.30. The van der Waals surface area contributed by atoms with Gasteiger partial charge in [0, 0.05) is 7.11 Å². The lowest BCUT2D eigenvalue weighted by molar-refractivity contribution is -0.155. The molecule has 1 aliphatic rings. The molecule has 94 valence electrons. The van der Waals surface area contributed by atoms with E-state index in [0.29, 0.717) is 12.3 Å². The van der Waals surface area contributed by atoms with Crippen molar-refractivity contribution < 1.29 is 14.6 Å². The minimum atomic E-state index is -0.630. The van der Waals surface area contributed by atoms with Gasteiger partial charge in [-0.3, -0.25) is 4.79 Å². The summed E-state index contributed by atoms with van der Waals surface area (Å²) in [5, 5.41) is 9.49. The second-order valence-corrected chi connectivity index (χ2v) is 5.21. The zero-order chi connectivity index (χ0) is 12.2. The van der Waals surface area contributed by atoms with Crippen LogP contribution >= 0.6 is 0 Å². The highest BCUT2D eigenvalue weighted by Crippen LogP contribution is 2.44. The molecule has 1 saturated carbocycles. The molecule has 3 heteroatoms. The Morgan fingerprint density at radius 2 is 2.31 bits per heavy atom. The Labute approximate surface area is 98.2 Å². The van der Waals surface area contributed by atoms with Gasteiger partial charge in [0.25, 0.3) is 0 Å². The molecule has 3 nitrogen and oxygen atoms in total. The number of carbonyl (C=O) groups is 1. The second-order valence-electron chi connectivity index (χ2n) is 5.21. The van der Waals surface area contributed by atoms with Crippen LogP contribution in [-0.4, -0.2) is 24.3 Å².